The Labute approximate surface area is 113 Å². The number of carbonyl (C=O) groups is 1. The minimum atomic E-state index is 0.142. The standard InChI is InChI=1S/C14H22N2OS/c1-3-5-7-10(4-2)13(17)16-14-15-11-8-6-9-12(11)18-14/h10H,3-9H2,1-2H3,(H,15,16,17). The Morgan fingerprint density at radius 1 is 1.44 bits per heavy atom. The molecule has 1 aliphatic rings. The summed E-state index contributed by atoms with van der Waals surface area (Å²) in [5, 5.41) is 3.80. The first-order valence-electron chi connectivity index (χ1n) is 7.04. The fraction of sp³-hybridized carbons (Fsp3) is 0.714. The largest absolute Gasteiger partial charge is 0.302 e. The van der Waals surface area contributed by atoms with Crippen LogP contribution in [0.15, 0.2) is 0 Å². The predicted molar refractivity (Wildman–Crippen MR) is 76.1 cm³/mol. The summed E-state index contributed by atoms with van der Waals surface area (Å²) in [5.74, 6) is 0.294. The number of fused-ring (bicyclic) bond motifs is 1. The minimum Gasteiger partial charge on any atom is -0.302 e. The molecule has 1 unspecified atom stereocenters. The molecule has 3 nitrogen and oxygen atoms in total. The lowest BCUT2D eigenvalue weighted by atomic mass is 9.99. The van der Waals surface area contributed by atoms with Gasteiger partial charge in [0.2, 0.25) is 5.91 Å². The van der Waals surface area contributed by atoms with E-state index in [1.165, 1.54) is 17.0 Å². The quantitative estimate of drug-likeness (QED) is 0.851. The van der Waals surface area contributed by atoms with Crippen molar-refractivity contribution in [2.24, 2.45) is 5.92 Å². The third-order valence-corrected chi connectivity index (χ3v) is 4.67. The van der Waals surface area contributed by atoms with Crippen LogP contribution in [0.1, 0.15) is 56.5 Å². The Balaban J connectivity index is 1.92. The van der Waals surface area contributed by atoms with Crippen LogP contribution in [0.5, 0.6) is 0 Å². The summed E-state index contributed by atoms with van der Waals surface area (Å²) in [6.07, 6.45) is 7.61. The molecule has 1 heterocycles. The van der Waals surface area contributed by atoms with Crippen LogP contribution in [0.3, 0.4) is 0 Å². The molecule has 18 heavy (non-hydrogen) atoms. The summed E-state index contributed by atoms with van der Waals surface area (Å²) in [4.78, 5) is 18.0. The average Bonchev–Trinajstić information content (AvgIpc) is 2.90. The van der Waals surface area contributed by atoms with Gasteiger partial charge in [0.15, 0.2) is 5.13 Å². The summed E-state index contributed by atoms with van der Waals surface area (Å²) in [6, 6.07) is 0. The molecule has 0 saturated heterocycles. The Morgan fingerprint density at radius 3 is 2.94 bits per heavy atom. The van der Waals surface area contributed by atoms with Crippen LogP contribution in [0.2, 0.25) is 0 Å². The van der Waals surface area contributed by atoms with E-state index < -0.39 is 0 Å². The first kappa shape index (κ1) is 13.5. The van der Waals surface area contributed by atoms with Gasteiger partial charge >= 0.3 is 0 Å². The van der Waals surface area contributed by atoms with E-state index in [0.717, 1.165) is 43.7 Å². The molecule has 1 aromatic heterocycles. The number of carbonyl (C=O) groups excluding carboxylic acids is 1. The van der Waals surface area contributed by atoms with E-state index >= 15 is 0 Å². The molecule has 100 valence electrons. The van der Waals surface area contributed by atoms with E-state index in [9.17, 15) is 4.79 Å². The summed E-state index contributed by atoms with van der Waals surface area (Å²) < 4.78 is 0. The van der Waals surface area contributed by atoms with Crippen LogP contribution < -0.4 is 5.32 Å². The summed E-state index contributed by atoms with van der Waals surface area (Å²) in [5.41, 5.74) is 1.21. The fourth-order valence-corrected chi connectivity index (χ4v) is 3.48. The molecule has 1 aliphatic carbocycles. The highest BCUT2D eigenvalue weighted by atomic mass is 32.1. The fourth-order valence-electron chi connectivity index (χ4n) is 2.42. The van der Waals surface area contributed by atoms with Gasteiger partial charge in [-0.15, -0.1) is 11.3 Å². The number of amides is 1. The lowest BCUT2D eigenvalue weighted by Gasteiger charge is -2.12. The van der Waals surface area contributed by atoms with Gasteiger partial charge < -0.3 is 5.32 Å². The highest BCUT2D eigenvalue weighted by Crippen LogP contribution is 2.30. The molecule has 1 aromatic rings. The number of aryl methyl sites for hydroxylation is 2. The normalized spacial score (nSPS) is 15.4. The van der Waals surface area contributed by atoms with Gasteiger partial charge in [0.25, 0.3) is 0 Å². The first-order valence-corrected chi connectivity index (χ1v) is 7.85. The maximum atomic E-state index is 12.1. The van der Waals surface area contributed by atoms with Crippen molar-refractivity contribution in [2.75, 3.05) is 5.32 Å². The minimum absolute atomic E-state index is 0.142. The molecule has 4 heteroatoms. The van der Waals surface area contributed by atoms with Crippen LogP contribution in [-0.2, 0) is 17.6 Å². The first-order chi connectivity index (χ1) is 8.74. The van der Waals surface area contributed by atoms with Crippen molar-refractivity contribution in [1.82, 2.24) is 4.98 Å². The molecular formula is C14H22N2OS. The number of anilines is 1. The molecule has 0 saturated carbocycles. The Morgan fingerprint density at radius 2 is 2.28 bits per heavy atom. The molecule has 0 fully saturated rings. The van der Waals surface area contributed by atoms with E-state index in [4.69, 9.17) is 0 Å². The Kier molecular flexibility index (Phi) is 4.75. The highest BCUT2D eigenvalue weighted by molar-refractivity contribution is 7.15. The van der Waals surface area contributed by atoms with Crippen molar-refractivity contribution in [3.05, 3.63) is 10.6 Å². The van der Waals surface area contributed by atoms with Crippen molar-refractivity contribution in [1.29, 1.82) is 0 Å². The molecule has 0 bridgehead atoms. The van der Waals surface area contributed by atoms with Gasteiger partial charge in [-0.25, -0.2) is 4.98 Å². The van der Waals surface area contributed by atoms with Gasteiger partial charge in [0.1, 0.15) is 0 Å². The van der Waals surface area contributed by atoms with Crippen LogP contribution >= 0.6 is 11.3 Å². The van der Waals surface area contributed by atoms with Crippen molar-refractivity contribution >= 4 is 22.4 Å². The SMILES string of the molecule is CCCCC(CC)C(=O)Nc1nc2c(s1)CCC2. The van der Waals surface area contributed by atoms with Gasteiger partial charge in [-0.3, -0.25) is 4.79 Å². The van der Waals surface area contributed by atoms with Crippen molar-refractivity contribution in [3.8, 4) is 0 Å². The number of thiazole rings is 1. The van der Waals surface area contributed by atoms with Gasteiger partial charge in [0.05, 0.1) is 5.69 Å². The number of rotatable bonds is 6. The van der Waals surface area contributed by atoms with E-state index in [1.54, 1.807) is 11.3 Å². The zero-order valence-electron chi connectivity index (χ0n) is 11.3. The number of hydrogen-bond acceptors (Lipinski definition) is 3. The Hall–Kier alpha value is -0.900. The lowest BCUT2D eigenvalue weighted by molar-refractivity contribution is -0.120. The average molecular weight is 266 g/mol. The van der Waals surface area contributed by atoms with Crippen molar-refractivity contribution in [3.63, 3.8) is 0 Å². The van der Waals surface area contributed by atoms with Crippen LogP contribution in [0.25, 0.3) is 0 Å². The van der Waals surface area contributed by atoms with E-state index in [-0.39, 0.29) is 11.8 Å². The number of nitrogens with one attached hydrogen (secondary N) is 1. The molecule has 1 amide bonds. The number of unbranched alkanes of at least 4 members (excludes halogenated alkanes) is 1. The van der Waals surface area contributed by atoms with Crippen molar-refractivity contribution < 1.29 is 4.79 Å². The predicted octanol–water partition coefficient (Wildman–Crippen LogP) is 3.79. The van der Waals surface area contributed by atoms with Gasteiger partial charge in [0, 0.05) is 10.8 Å². The molecule has 1 N–H and O–H groups in total. The molecule has 1 atom stereocenters. The van der Waals surface area contributed by atoms with Crippen LogP contribution in [-0.4, -0.2) is 10.9 Å². The molecule has 0 spiro atoms. The van der Waals surface area contributed by atoms with Gasteiger partial charge in [-0.2, -0.15) is 0 Å². The Bertz CT molecular complexity index is 392. The molecule has 0 aromatic carbocycles. The maximum Gasteiger partial charge on any atom is 0.229 e. The monoisotopic (exact) mass is 266 g/mol. The number of aromatic nitrogens is 1. The number of hydrogen-bond donors (Lipinski definition) is 1. The highest BCUT2D eigenvalue weighted by Gasteiger charge is 2.20. The summed E-state index contributed by atoms with van der Waals surface area (Å²) in [7, 11) is 0. The third-order valence-electron chi connectivity index (χ3n) is 3.60. The topological polar surface area (TPSA) is 42.0 Å². The zero-order chi connectivity index (χ0) is 13.0. The smallest absolute Gasteiger partial charge is 0.229 e. The second-order valence-electron chi connectivity index (χ2n) is 4.98. The van der Waals surface area contributed by atoms with Crippen LogP contribution in [0.4, 0.5) is 5.13 Å². The second-order valence-corrected chi connectivity index (χ2v) is 6.06. The molecule has 2 rings (SSSR count). The van der Waals surface area contributed by atoms with Crippen molar-refractivity contribution in [2.45, 2.75) is 58.8 Å². The van der Waals surface area contributed by atoms with E-state index in [1.807, 2.05) is 0 Å². The van der Waals surface area contributed by atoms with Gasteiger partial charge in [-0.05, 0) is 32.1 Å². The summed E-state index contributed by atoms with van der Waals surface area (Å²) in [6.45, 7) is 4.25. The van der Waals surface area contributed by atoms with E-state index in [2.05, 4.69) is 24.1 Å². The molecule has 0 radical (unpaired) electrons. The number of nitrogens with zero attached hydrogens (tertiary/aromatic N) is 1. The summed E-state index contributed by atoms with van der Waals surface area (Å²) >= 11 is 1.66. The second kappa shape index (κ2) is 6.32. The van der Waals surface area contributed by atoms with Gasteiger partial charge in [-0.1, -0.05) is 26.7 Å². The molecular weight excluding hydrogens is 244 g/mol. The third kappa shape index (κ3) is 3.10. The van der Waals surface area contributed by atoms with E-state index in [0.29, 0.717) is 0 Å². The van der Waals surface area contributed by atoms with Crippen LogP contribution in [0, 0.1) is 5.92 Å². The molecule has 0 aliphatic heterocycles. The zero-order valence-corrected chi connectivity index (χ0v) is 12.1. The lowest BCUT2D eigenvalue weighted by Crippen LogP contribution is -2.22. The maximum absolute atomic E-state index is 12.1.